The van der Waals surface area contributed by atoms with Crippen LogP contribution in [0.1, 0.15) is 30.5 Å². The van der Waals surface area contributed by atoms with Crippen LogP contribution in [0.2, 0.25) is 0 Å². The molecule has 0 saturated heterocycles. The minimum atomic E-state index is -0.157. The molecule has 1 aromatic carbocycles. The number of hydrogen-bond donors (Lipinski definition) is 1. The highest BCUT2D eigenvalue weighted by atomic mass is 16.1. The first-order valence-electron chi connectivity index (χ1n) is 4.89. The van der Waals surface area contributed by atoms with E-state index in [0.29, 0.717) is 11.3 Å². The van der Waals surface area contributed by atoms with Crippen molar-refractivity contribution >= 4 is 11.6 Å². The van der Waals surface area contributed by atoms with Gasteiger partial charge in [0.15, 0.2) is 0 Å². The van der Waals surface area contributed by atoms with Crippen LogP contribution in [0, 0.1) is 18.3 Å². The molecule has 15 heavy (non-hydrogen) atoms. The Bertz CT molecular complexity index is 430. The van der Waals surface area contributed by atoms with Crippen LogP contribution >= 0.6 is 0 Å². The van der Waals surface area contributed by atoms with E-state index >= 15 is 0 Å². The van der Waals surface area contributed by atoms with Crippen LogP contribution in [0.4, 0.5) is 5.69 Å². The molecular weight excluding hydrogens is 188 g/mol. The monoisotopic (exact) mass is 202 g/mol. The Morgan fingerprint density at radius 2 is 2.20 bits per heavy atom. The van der Waals surface area contributed by atoms with Crippen LogP contribution in [-0.2, 0) is 11.2 Å². The molecule has 78 valence electrons. The van der Waals surface area contributed by atoms with Crippen LogP contribution < -0.4 is 5.32 Å². The summed E-state index contributed by atoms with van der Waals surface area (Å²) >= 11 is 0. The highest BCUT2D eigenvalue weighted by molar-refractivity contribution is 5.90. The second kappa shape index (κ2) is 4.61. The van der Waals surface area contributed by atoms with E-state index in [-0.39, 0.29) is 5.91 Å². The van der Waals surface area contributed by atoms with Crippen molar-refractivity contribution < 1.29 is 4.79 Å². The Labute approximate surface area is 89.7 Å². The average Bonchev–Trinajstić information content (AvgIpc) is 2.17. The van der Waals surface area contributed by atoms with Gasteiger partial charge in [-0.05, 0) is 36.6 Å². The molecular formula is C12H14N2O. The summed E-state index contributed by atoms with van der Waals surface area (Å²) in [6, 6.07) is 5.77. The number of carbonyl (C=O) groups excluding carboxylic acids is 1. The molecule has 1 aromatic rings. The maximum Gasteiger partial charge on any atom is 0.221 e. The summed E-state index contributed by atoms with van der Waals surface area (Å²) in [7, 11) is 0. The first-order valence-corrected chi connectivity index (χ1v) is 4.89. The fourth-order valence-corrected chi connectivity index (χ4v) is 1.52. The number of carbonyl (C=O) groups is 1. The van der Waals surface area contributed by atoms with Gasteiger partial charge in [0.1, 0.15) is 6.07 Å². The molecule has 3 nitrogen and oxygen atoms in total. The highest BCUT2D eigenvalue weighted by Crippen LogP contribution is 2.21. The molecule has 0 aliphatic carbocycles. The predicted molar refractivity (Wildman–Crippen MR) is 59.6 cm³/mol. The summed E-state index contributed by atoms with van der Waals surface area (Å²) in [6.07, 6.45) is 0.890. The Balaban J connectivity index is 3.22. The lowest BCUT2D eigenvalue weighted by Gasteiger charge is -2.09. The van der Waals surface area contributed by atoms with Crippen LogP contribution in [-0.4, -0.2) is 5.91 Å². The van der Waals surface area contributed by atoms with Gasteiger partial charge in [0, 0.05) is 6.92 Å². The first-order chi connectivity index (χ1) is 7.08. The predicted octanol–water partition coefficient (Wildman–Crippen LogP) is 2.39. The fourth-order valence-electron chi connectivity index (χ4n) is 1.52. The minimum absolute atomic E-state index is 0.157. The van der Waals surface area contributed by atoms with E-state index in [1.807, 2.05) is 26.0 Å². The van der Waals surface area contributed by atoms with Crippen molar-refractivity contribution in [2.75, 3.05) is 5.32 Å². The van der Waals surface area contributed by atoms with Gasteiger partial charge in [-0.2, -0.15) is 5.26 Å². The summed E-state index contributed by atoms with van der Waals surface area (Å²) in [4.78, 5) is 10.9. The average molecular weight is 202 g/mol. The SMILES string of the molecule is CCc1cc(C#N)c(NC(C)=O)cc1C. The van der Waals surface area contributed by atoms with Gasteiger partial charge in [0.2, 0.25) is 5.91 Å². The van der Waals surface area contributed by atoms with Gasteiger partial charge in [-0.1, -0.05) is 6.92 Å². The summed E-state index contributed by atoms with van der Waals surface area (Å²) < 4.78 is 0. The van der Waals surface area contributed by atoms with E-state index < -0.39 is 0 Å². The lowest BCUT2D eigenvalue weighted by atomic mass is 10.0. The zero-order valence-electron chi connectivity index (χ0n) is 9.22. The quantitative estimate of drug-likeness (QED) is 0.800. The number of nitriles is 1. The summed E-state index contributed by atoms with van der Waals surface area (Å²) in [5.41, 5.74) is 3.35. The van der Waals surface area contributed by atoms with Gasteiger partial charge in [-0.3, -0.25) is 4.79 Å². The summed E-state index contributed by atoms with van der Waals surface area (Å²) in [5, 5.41) is 11.6. The van der Waals surface area contributed by atoms with Gasteiger partial charge in [0.25, 0.3) is 0 Å². The number of hydrogen-bond acceptors (Lipinski definition) is 2. The zero-order valence-corrected chi connectivity index (χ0v) is 9.22. The van der Waals surface area contributed by atoms with Gasteiger partial charge in [0.05, 0.1) is 11.3 Å². The standard InChI is InChI=1S/C12H14N2O/c1-4-10-6-11(7-13)12(5-8(10)2)14-9(3)15/h5-6H,4H2,1-3H3,(H,14,15). The van der Waals surface area contributed by atoms with Crippen molar-refractivity contribution in [3.8, 4) is 6.07 Å². The molecule has 0 atom stereocenters. The van der Waals surface area contributed by atoms with Crippen molar-refractivity contribution in [1.82, 2.24) is 0 Å². The molecule has 3 heteroatoms. The van der Waals surface area contributed by atoms with E-state index in [2.05, 4.69) is 11.4 Å². The molecule has 0 heterocycles. The molecule has 1 rings (SSSR count). The fraction of sp³-hybridized carbons (Fsp3) is 0.333. The van der Waals surface area contributed by atoms with Crippen LogP contribution in [0.5, 0.6) is 0 Å². The lowest BCUT2D eigenvalue weighted by Crippen LogP contribution is -2.08. The minimum Gasteiger partial charge on any atom is -0.325 e. The van der Waals surface area contributed by atoms with Crippen LogP contribution in [0.3, 0.4) is 0 Å². The molecule has 0 aliphatic heterocycles. The normalized spacial score (nSPS) is 9.47. The molecule has 0 aromatic heterocycles. The second-order valence-corrected chi connectivity index (χ2v) is 3.47. The maximum absolute atomic E-state index is 10.9. The van der Waals surface area contributed by atoms with Crippen molar-refractivity contribution in [3.63, 3.8) is 0 Å². The molecule has 0 fully saturated rings. The third-order valence-electron chi connectivity index (χ3n) is 2.29. The van der Waals surface area contributed by atoms with Crippen molar-refractivity contribution in [3.05, 3.63) is 28.8 Å². The first kappa shape index (κ1) is 11.3. The van der Waals surface area contributed by atoms with Gasteiger partial charge >= 0.3 is 0 Å². The van der Waals surface area contributed by atoms with Gasteiger partial charge in [-0.25, -0.2) is 0 Å². The number of nitrogens with zero attached hydrogens (tertiary/aromatic N) is 1. The largest absolute Gasteiger partial charge is 0.325 e. The van der Waals surface area contributed by atoms with E-state index in [1.54, 1.807) is 0 Å². The Morgan fingerprint density at radius 3 is 2.67 bits per heavy atom. The molecule has 0 saturated carbocycles. The molecule has 0 bridgehead atoms. The van der Waals surface area contributed by atoms with Gasteiger partial charge < -0.3 is 5.32 Å². The number of nitrogens with one attached hydrogen (secondary N) is 1. The van der Waals surface area contributed by atoms with E-state index in [9.17, 15) is 4.79 Å². The molecule has 0 aliphatic rings. The topological polar surface area (TPSA) is 52.9 Å². The maximum atomic E-state index is 10.9. The third kappa shape index (κ3) is 2.57. The molecule has 0 spiro atoms. The van der Waals surface area contributed by atoms with Crippen molar-refractivity contribution in [1.29, 1.82) is 5.26 Å². The molecule has 1 N–H and O–H groups in total. The van der Waals surface area contributed by atoms with Crippen molar-refractivity contribution in [2.45, 2.75) is 27.2 Å². The molecule has 0 radical (unpaired) electrons. The Hall–Kier alpha value is -1.82. The van der Waals surface area contributed by atoms with E-state index in [1.165, 1.54) is 6.92 Å². The Kier molecular flexibility index (Phi) is 3.46. The van der Waals surface area contributed by atoms with Crippen LogP contribution in [0.25, 0.3) is 0 Å². The molecule has 1 amide bonds. The number of benzene rings is 1. The number of amides is 1. The van der Waals surface area contributed by atoms with E-state index in [4.69, 9.17) is 5.26 Å². The third-order valence-corrected chi connectivity index (χ3v) is 2.29. The van der Waals surface area contributed by atoms with E-state index in [0.717, 1.165) is 17.5 Å². The number of anilines is 1. The van der Waals surface area contributed by atoms with Gasteiger partial charge in [-0.15, -0.1) is 0 Å². The van der Waals surface area contributed by atoms with Crippen molar-refractivity contribution in [2.24, 2.45) is 0 Å². The smallest absolute Gasteiger partial charge is 0.221 e. The zero-order chi connectivity index (χ0) is 11.4. The second-order valence-electron chi connectivity index (χ2n) is 3.47. The number of rotatable bonds is 2. The summed E-state index contributed by atoms with van der Waals surface area (Å²) in [6.45, 7) is 5.46. The highest BCUT2D eigenvalue weighted by Gasteiger charge is 2.07. The summed E-state index contributed by atoms with van der Waals surface area (Å²) in [5.74, 6) is -0.157. The lowest BCUT2D eigenvalue weighted by molar-refractivity contribution is -0.114. The number of aryl methyl sites for hydroxylation is 2. The Morgan fingerprint density at radius 1 is 1.53 bits per heavy atom. The van der Waals surface area contributed by atoms with Crippen LogP contribution in [0.15, 0.2) is 12.1 Å². The molecule has 0 unspecified atom stereocenters.